The molecule has 1 amide bonds. The van der Waals surface area contributed by atoms with Gasteiger partial charge in [-0.2, -0.15) is 0 Å². The van der Waals surface area contributed by atoms with E-state index in [1.807, 2.05) is 0 Å². The van der Waals surface area contributed by atoms with Crippen molar-refractivity contribution in [2.45, 2.75) is 46.0 Å². The number of nitroso groups, excluding NO2 is 1. The topological polar surface area (TPSA) is 58.9 Å². The third kappa shape index (κ3) is 2.62. The zero-order chi connectivity index (χ0) is 14.0. The molecule has 1 aliphatic rings. The summed E-state index contributed by atoms with van der Waals surface area (Å²) in [6.45, 7) is 6.29. The predicted octanol–water partition coefficient (Wildman–Crippen LogP) is 3.96. The Morgan fingerprint density at radius 3 is 2.63 bits per heavy atom. The fourth-order valence-corrected chi connectivity index (χ4v) is 2.58. The van der Waals surface area contributed by atoms with Gasteiger partial charge in [0.25, 0.3) is 5.91 Å². The highest BCUT2D eigenvalue weighted by molar-refractivity contribution is 5.99. The van der Waals surface area contributed by atoms with Gasteiger partial charge in [0.05, 0.1) is 5.69 Å². The Bertz CT molecular complexity index is 562. The molecule has 4 heteroatoms. The van der Waals surface area contributed by atoms with Crippen LogP contribution < -0.4 is 0 Å². The van der Waals surface area contributed by atoms with Gasteiger partial charge in [-0.3, -0.25) is 9.79 Å². The molecule has 4 nitrogen and oxygen atoms in total. The molecule has 2 rings (SSSR count). The van der Waals surface area contributed by atoms with Crippen LogP contribution in [0.4, 0.5) is 5.69 Å². The summed E-state index contributed by atoms with van der Waals surface area (Å²) in [5.41, 5.74) is 5.74. The van der Waals surface area contributed by atoms with Gasteiger partial charge in [0.2, 0.25) is 0 Å². The first-order valence-corrected chi connectivity index (χ1v) is 6.61. The minimum absolute atomic E-state index is 0.158. The Labute approximate surface area is 112 Å². The maximum absolute atomic E-state index is 11.0. The Morgan fingerprint density at radius 2 is 2.00 bits per heavy atom. The molecule has 1 heterocycles. The first-order valence-electron chi connectivity index (χ1n) is 6.61. The van der Waals surface area contributed by atoms with E-state index in [1.54, 1.807) is 0 Å². The molecule has 0 radical (unpaired) electrons. The van der Waals surface area contributed by atoms with Crippen molar-refractivity contribution in [3.05, 3.63) is 33.7 Å². The number of aliphatic imine (C=N–C) groups is 1. The average molecular weight is 258 g/mol. The standard InChI is InChI=1S/C15H18N2O2/c1-4-11-12-7-9(2)10(3)8-14(12)16-13(11)5-6-15(18)17-19/h7-8,11H,4-6H2,1-3H3. The quantitative estimate of drug-likeness (QED) is 0.767. The van der Waals surface area contributed by atoms with Gasteiger partial charge in [0.15, 0.2) is 0 Å². The van der Waals surface area contributed by atoms with Crippen molar-refractivity contribution < 1.29 is 4.79 Å². The van der Waals surface area contributed by atoms with E-state index >= 15 is 0 Å². The monoisotopic (exact) mass is 258 g/mol. The summed E-state index contributed by atoms with van der Waals surface area (Å²) < 4.78 is 0. The van der Waals surface area contributed by atoms with Crippen LogP contribution >= 0.6 is 0 Å². The largest absolute Gasteiger partial charge is 0.286 e. The van der Waals surface area contributed by atoms with Crippen LogP contribution in [-0.4, -0.2) is 11.6 Å². The lowest BCUT2D eigenvalue weighted by molar-refractivity contribution is -0.117. The third-order valence-electron chi connectivity index (χ3n) is 3.79. The Kier molecular flexibility index (Phi) is 3.88. The minimum Gasteiger partial charge on any atom is -0.269 e. The van der Waals surface area contributed by atoms with Crippen molar-refractivity contribution in [2.24, 2.45) is 10.2 Å². The van der Waals surface area contributed by atoms with Gasteiger partial charge in [-0.25, -0.2) is 0 Å². The number of hydrogen-bond donors (Lipinski definition) is 0. The summed E-state index contributed by atoms with van der Waals surface area (Å²) in [6.07, 6.45) is 1.64. The summed E-state index contributed by atoms with van der Waals surface area (Å²) in [4.78, 5) is 25.8. The molecule has 0 aromatic heterocycles. The van der Waals surface area contributed by atoms with E-state index in [0.717, 1.165) is 17.8 Å². The Hall–Kier alpha value is -1.84. The third-order valence-corrected chi connectivity index (χ3v) is 3.79. The summed E-state index contributed by atoms with van der Waals surface area (Å²) in [7, 11) is 0. The molecule has 1 aliphatic heterocycles. The number of benzene rings is 1. The second kappa shape index (κ2) is 5.43. The van der Waals surface area contributed by atoms with E-state index in [0.29, 0.717) is 6.42 Å². The Morgan fingerprint density at radius 1 is 1.32 bits per heavy atom. The smallest absolute Gasteiger partial charge is 0.269 e. The second-order valence-corrected chi connectivity index (χ2v) is 5.04. The molecule has 1 atom stereocenters. The highest BCUT2D eigenvalue weighted by atomic mass is 16.3. The van der Waals surface area contributed by atoms with Gasteiger partial charge in [0.1, 0.15) is 0 Å². The molecule has 100 valence electrons. The van der Waals surface area contributed by atoms with Gasteiger partial charge >= 0.3 is 0 Å². The van der Waals surface area contributed by atoms with Crippen molar-refractivity contribution in [1.29, 1.82) is 0 Å². The van der Waals surface area contributed by atoms with Gasteiger partial charge < -0.3 is 0 Å². The fraction of sp³-hybridized carbons (Fsp3) is 0.467. The molecule has 0 bridgehead atoms. The maximum Gasteiger partial charge on any atom is 0.286 e. The van der Waals surface area contributed by atoms with E-state index in [4.69, 9.17) is 0 Å². The lowest BCUT2D eigenvalue weighted by Gasteiger charge is -2.12. The molecule has 1 unspecified atom stereocenters. The van der Waals surface area contributed by atoms with Crippen molar-refractivity contribution in [1.82, 2.24) is 0 Å². The lowest BCUT2D eigenvalue weighted by Crippen LogP contribution is -2.09. The number of carbonyl (C=O) groups excluding carboxylic acids is 1. The SMILES string of the molecule is CCC1C(CCC(=O)N=O)=Nc2cc(C)c(C)cc21. The van der Waals surface area contributed by atoms with Crippen LogP contribution in [0.5, 0.6) is 0 Å². The van der Waals surface area contributed by atoms with Crippen molar-refractivity contribution in [2.75, 3.05) is 0 Å². The van der Waals surface area contributed by atoms with Crippen molar-refractivity contribution in [3.8, 4) is 0 Å². The highest BCUT2D eigenvalue weighted by Gasteiger charge is 2.26. The molecular formula is C15H18N2O2. The summed E-state index contributed by atoms with van der Waals surface area (Å²) in [5, 5.41) is 2.43. The number of aryl methyl sites for hydroxylation is 2. The number of fused-ring (bicyclic) bond motifs is 1. The molecule has 0 spiro atoms. The zero-order valence-electron chi connectivity index (χ0n) is 11.6. The molecule has 0 saturated carbocycles. The normalized spacial score (nSPS) is 17.0. The van der Waals surface area contributed by atoms with Crippen LogP contribution in [0.3, 0.4) is 0 Å². The van der Waals surface area contributed by atoms with Crippen LogP contribution in [0.2, 0.25) is 0 Å². The van der Waals surface area contributed by atoms with Gasteiger partial charge in [-0.05, 0) is 49.4 Å². The van der Waals surface area contributed by atoms with E-state index in [2.05, 4.69) is 43.1 Å². The minimum atomic E-state index is -0.596. The number of nitrogens with zero attached hydrogens (tertiary/aromatic N) is 2. The highest BCUT2D eigenvalue weighted by Crippen LogP contribution is 2.40. The summed E-state index contributed by atoms with van der Waals surface area (Å²) in [5.74, 6) is -0.324. The molecular weight excluding hydrogens is 240 g/mol. The summed E-state index contributed by atoms with van der Waals surface area (Å²) >= 11 is 0. The molecule has 0 fully saturated rings. The van der Waals surface area contributed by atoms with Crippen LogP contribution in [-0.2, 0) is 4.79 Å². The first-order chi connectivity index (χ1) is 9.06. The van der Waals surface area contributed by atoms with Crippen molar-refractivity contribution >= 4 is 17.3 Å². The molecule has 0 N–H and O–H groups in total. The number of carbonyl (C=O) groups is 1. The van der Waals surface area contributed by atoms with Gasteiger partial charge in [-0.15, -0.1) is 4.91 Å². The fourth-order valence-electron chi connectivity index (χ4n) is 2.58. The van der Waals surface area contributed by atoms with E-state index in [9.17, 15) is 9.70 Å². The summed E-state index contributed by atoms with van der Waals surface area (Å²) in [6, 6.07) is 4.29. The molecule has 0 aliphatic carbocycles. The Balaban J connectivity index is 2.25. The lowest BCUT2D eigenvalue weighted by atomic mass is 9.89. The number of hydrogen-bond acceptors (Lipinski definition) is 3. The van der Waals surface area contributed by atoms with Crippen LogP contribution in [0.25, 0.3) is 0 Å². The van der Waals surface area contributed by atoms with Crippen LogP contribution in [0, 0.1) is 18.8 Å². The average Bonchev–Trinajstić information content (AvgIpc) is 2.73. The van der Waals surface area contributed by atoms with Crippen LogP contribution in [0.1, 0.15) is 48.8 Å². The van der Waals surface area contributed by atoms with E-state index in [1.165, 1.54) is 16.7 Å². The zero-order valence-corrected chi connectivity index (χ0v) is 11.6. The number of amides is 1. The predicted molar refractivity (Wildman–Crippen MR) is 76.1 cm³/mol. The van der Waals surface area contributed by atoms with E-state index < -0.39 is 5.91 Å². The maximum atomic E-state index is 11.0. The van der Waals surface area contributed by atoms with Crippen molar-refractivity contribution in [3.63, 3.8) is 0 Å². The van der Waals surface area contributed by atoms with E-state index in [-0.39, 0.29) is 12.3 Å². The molecule has 0 saturated heterocycles. The first kappa shape index (κ1) is 13.6. The second-order valence-electron chi connectivity index (χ2n) is 5.04. The molecule has 1 aromatic rings. The molecule has 1 aromatic carbocycles. The molecule has 19 heavy (non-hydrogen) atoms. The van der Waals surface area contributed by atoms with Crippen LogP contribution in [0.15, 0.2) is 22.3 Å². The number of rotatable bonds is 4. The van der Waals surface area contributed by atoms with Gasteiger partial charge in [-0.1, -0.05) is 13.0 Å². The van der Waals surface area contributed by atoms with Gasteiger partial charge in [0, 0.05) is 23.2 Å².